The number of thiazole rings is 1. The van der Waals surface area contributed by atoms with Crippen molar-refractivity contribution in [2.75, 3.05) is 20.1 Å². The number of amides is 1. The molecule has 1 saturated heterocycles. The fraction of sp³-hybridized carbons (Fsp3) is 0.692. The summed E-state index contributed by atoms with van der Waals surface area (Å²) >= 11 is 1.65. The number of nitrogens with zero attached hydrogens (tertiary/aromatic N) is 2. The van der Waals surface area contributed by atoms with E-state index >= 15 is 0 Å². The van der Waals surface area contributed by atoms with Gasteiger partial charge in [-0.25, -0.2) is 4.98 Å². The molecule has 2 rings (SSSR count). The molecule has 1 aliphatic heterocycles. The third kappa shape index (κ3) is 5.20. The Kier molecular flexibility index (Phi) is 9.38. The Bertz CT molecular complexity index is 406. The van der Waals surface area contributed by atoms with Crippen LogP contribution in [0, 0.1) is 0 Å². The van der Waals surface area contributed by atoms with Crippen molar-refractivity contribution in [3.8, 4) is 0 Å². The molecule has 0 radical (unpaired) electrons. The molecule has 0 spiro atoms. The number of nitrogens with one attached hydrogen (secondary N) is 1. The van der Waals surface area contributed by atoms with Gasteiger partial charge in [0.05, 0.1) is 17.1 Å². The molecular weight excluding hydrogens is 317 g/mol. The summed E-state index contributed by atoms with van der Waals surface area (Å²) < 4.78 is 0. The maximum Gasteiger partial charge on any atom is 0.228 e. The Morgan fingerprint density at radius 3 is 2.60 bits per heavy atom. The van der Waals surface area contributed by atoms with E-state index < -0.39 is 0 Å². The standard InChI is InChI=1S/C13H21N3OS.2ClH/c1-3-12-15-11(9-18-12)8-13(17)16-6-4-10(14-2)5-7-16;;/h9-10,14H,3-8H2,1-2H3;2*1H. The van der Waals surface area contributed by atoms with Gasteiger partial charge in [-0.05, 0) is 26.3 Å². The number of rotatable bonds is 4. The van der Waals surface area contributed by atoms with Crippen LogP contribution in [0.4, 0.5) is 0 Å². The third-order valence-electron chi connectivity index (χ3n) is 3.49. The van der Waals surface area contributed by atoms with Crippen LogP contribution in [0.25, 0.3) is 0 Å². The predicted octanol–water partition coefficient (Wildman–Crippen LogP) is 2.30. The minimum absolute atomic E-state index is 0. The van der Waals surface area contributed by atoms with E-state index in [1.54, 1.807) is 11.3 Å². The average Bonchev–Trinajstić information content (AvgIpc) is 2.86. The van der Waals surface area contributed by atoms with Crippen LogP contribution >= 0.6 is 36.2 Å². The first-order valence-corrected chi connectivity index (χ1v) is 7.49. The highest BCUT2D eigenvalue weighted by Crippen LogP contribution is 2.14. The summed E-state index contributed by atoms with van der Waals surface area (Å²) in [5, 5.41) is 6.40. The second-order valence-electron chi connectivity index (χ2n) is 4.71. The zero-order valence-electron chi connectivity index (χ0n) is 11.9. The lowest BCUT2D eigenvalue weighted by Crippen LogP contribution is -2.44. The zero-order chi connectivity index (χ0) is 13.0. The highest BCUT2D eigenvalue weighted by molar-refractivity contribution is 7.09. The van der Waals surface area contributed by atoms with Crippen molar-refractivity contribution in [3.05, 3.63) is 16.1 Å². The van der Waals surface area contributed by atoms with Crippen LogP contribution < -0.4 is 5.32 Å². The Hall–Kier alpha value is -0.360. The monoisotopic (exact) mass is 339 g/mol. The molecule has 0 aromatic carbocycles. The molecule has 1 N–H and O–H groups in total. The van der Waals surface area contributed by atoms with Crippen molar-refractivity contribution in [2.24, 2.45) is 0 Å². The molecule has 0 atom stereocenters. The minimum Gasteiger partial charge on any atom is -0.342 e. The van der Waals surface area contributed by atoms with Gasteiger partial charge in [0.25, 0.3) is 0 Å². The first-order valence-electron chi connectivity index (χ1n) is 6.61. The molecule has 0 bridgehead atoms. The van der Waals surface area contributed by atoms with Crippen LogP contribution in [-0.4, -0.2) is 42.0 Å². The van der Waals surface area contributed by atoms with Gasteiger partial charge >= 0.3 is 0 Å². The smallest absolute Gasteiger partial charge is 0.228 e. The summed E-state index contributed by atoms with van der Waals surface area (Å²) in [5.74, 6) is 0.220. The third-order valence-corrected chi connectivity index (χ3v) is 4.53. The van der Waals surface area contributed by atoms with Crippen LogP contribution in [-0.2, 0) is 17.6 Å². The first-order chi connectivity index (χ1) is 8.72. The molecule has 20 heavy (non-hydrogen) atoms. The van der Waals surface area contributed by atoms with Crippen LogP contribution in [0.2, 0.25) is 0 Å². The number of hydrogen-bond acceptors (Lipinski definition) is 4. The number of piperidine rings is 1. The number of likely N-dealkylation sites (tertiary alicyclic amines) is 1. The van der Waals surface area contributed by atoms with E-state index in [1.165, 1.54) is 0 Å². The van der Waals surface area contributed by atoms with E-state index in [2.05, 4.69) is 17.2 Å². The second kappa shape index (κ2) is 9.55. The van der Waals surface area contributed by atoms with Gasteiger partial charge in [-0.1, -0.05) is 6.92 Å². The number of carbonyl (C=O) groups excluding carboxylic acids is 1. The van der Waals surface area contributed by atoms with Gasteiger partial charge in [0.15, 0.2) is 0 Å². The fourth-order valence-electron chi connectivity index (χ4n) is 2.28. The lowest BCUT2D eigenvalue weighted by atomic mass is 10.0. The molecule has 0 saturated carbocycles. The van der Waals surface area contributed by atoms with E-state index in [0.29, 0.717) is 12.5 Å². The van der Waals surface area contributed by atoms with E-state index in [9.17, 15) is 4.79 Å². The van der Waals surface area contributed by atoms with Gasteiger partial charge in [-0.15, -0.1) is 36.2 Å². The van der Waals surface area contributed by atoms with Crippen LogP contribution in [0.1, 0.15) is 30.5 Å². The number of aromatic nitrogens is 1. The van der Waals surface area contributed by atoms with Crippen molar-refractivity contribution >= 4 is 42.1 Å². The molecule has 1 aromatic rings. The predicted molar refractivity (Wildman–Crippen MR) is 88.4 cm³/mol. The molecule has 0 unspecified atom stereocenters. The van der Waals surface area contributed by atoms with E-state index in [-0.39, 0.29) is 30.7 Å². The van der Waals surface area contributed by atoms with E-state index in [1.807, 2.05) is 17.3 Å². The topological polar surface area (TPSA) is 45.2 Å². The van der Waals surface area contributed by atoms with E-state index in [4.69, 9.17) is 0 Å². The summed E-state index contributed by atoms with van der Waals surface area (Å²) in [6, 6.07) is 0.569. The van der Waals surface area contributed by atoms with Gasteiger partial charge in [-0.2, -0.15) is 0 Å². The molecule has 2 heterocycles. The average molecular weight is 340 g/mol. The van der Waals surface area contributed by atoms with Crippen molar-refractivity contribution in [1.82, 2.24) is 15.2 Å². The number of halogens is 2. The van der Waals surface area contributed by atoms with E-state index in [0.717, 1.165) is 43.1 Å². The second-order valence-corrected chi connectivity index (χ2v) is 5.65. The highest BCUT2D eigenvalue weighted by Gasteiger charge is 2.22. The quantitative estimate of drug-likeness (QED) is 0.915. The zero-order valence-corrected chi connectivity index (χ0v) is 14.4. The molecule has 0 aliphatic carbocycles. The number of hydrogen-bond donors (Lipinski definition) is 1. The summed E-state index contributed by atoms with van der Waals surface area (Å²) in [7, 11) is 1.99. The van der Waals surface area contributed by atoms with Crippen molar-refractivity contribution in [1.29, 1.82) is 0 Å². The molecule has 4 nitrogen and oxygen atoms in total. The normalized spacial score (nSPS) is 15.4. The molecule has 116 valence electrons. The molecule has 1 aromatic heterocycles. The van der Waals surface area contributed by atoms with Gasteiger partial charge in [0, 0.05) is 24.5 Å². The Morgan fingerprint density at radius 1 is 1.45 bits per heavy atom. The van der Waals surface area contributed by atoms with Gasteiger partial charge in [0.2, 0.25) is 5.91 Å². The van der Waals surface area contributed by atoms with Crippen molar-refractivity contribution in [3.63, 3.8) is 0 Å². The molecular formula is C13H23Cl2N3OS. The van der Waals surface area contributed by atoms with Crippen LogP contribution in [0.15, 0.2) is 5.38 Å². The molecule has 1 fully saturated rings. The van der Waals surface area contributed by atoms with Gasteiger partial charge < -0.3 is 10.2 Å². The maximum atomic E-state index is 12.1. The molecule has 1 aliphatic rings. The highest BCUT2D eigenvalue weighted by atomic mass is 35.5. The Labute approximate surface area is 137 Å². The molecule has 1 amide bonds. The maximum absolute atomic E-state index is 12.1. The largest absolute Gasteiger partial charge is 0.342 e. The minimum atomic E-state index is 0. The SMILES string of the molecule is CCc1nc(CC(=O)N2CCC(NC)CC2)cs1.Cl.Cl. The summed E-state index contributed by atoms with van der Waals surface area (Å²) in [4.78, 5) is 18.6. The summed E-state index contributed by atoms with van der Waals surface area (Å²) in [5.41, 5.74) is 0.928. The van der Waals surface area contributed by atoms with Crippen molar-refractivity contribution in [2.45, 2.75) is 38.6 Å². The van der Waals surface area contributed by atoms with Crippen LogP contribution in [0.5, 0.6) is 0 Å². The lowest BCUT2D eigenvalue weighted by molar-refractivity contribution is -0.131. The van der Waals surface area contributed by atoms with Gasteiger partial charge in [-0.3, -0.25) is 4.79 Å². The van der Waals surface area contributed by atoms with Gasteiger partial charge in [0.1, 0.15) is 0 Å². The fourth-order valence-corrected chi connectivity index (χ4v) is 3.02. The van der Waals surface area contributed by atoms with Crippen molar-refractivity contribution < 1.29 is 4.79 Å². The Balaban J connectivity index is 0.00000180. The molecule has 7 heteroatoms. The number of carbonyl (C=O) groups is 1. The summed E-state index contributed by atoms with van der Waals surface area (Å²) in [6.07, 6.45) is 3.52. The Morgan fingerprint density at radius 2 is 2.10 bits per heavy atom. The lowest BCUT2D eigenvalue weighted by Gasteiger charge is -2.31. The van der Waals surface area contributed by atoms with Crippen LogP contribution in [0.3, 0.4) is 0 Å². The summed E-state index contributed by atoms with van der Waals surface area (Å²) in [6.45, 7) is 3.83. The first kappa shape index (κ1) is 19.6. The number of aryl methyl sites for hydroxylation is 1.